The van der Waals surface area contributed by atoms with Crippen LogP contribution in [0.2, 0.25) is 0 Å². The van der Waals surface area contributed by atoms with Crippen molar-refractivity contribution in [1.82, 2.24) is 4.98 Å². The van der Waals surface area contributed by atoms with Crippen molar-refractivity contribution in [2.45, 2.75) is 0 Å². The van der Waals surface area contributed by atoms with Gasteiger partial charge in [-0.25, -0.2) is 4.98 Å². The summed E-state index contributed by atoms with van der Waals surface area (Å²) >= 11 is 0. The molecule has 0 atom stereocenters. The van der Waals surface area contributed by atoms with E-state index in [9.17, 15) is 0 Å². The van der Waals surface area contributed by atoms with Gasteiger partial charge in [-0.3, -0.25) is 0 Å². The van der Waals surface area contributed by atoms with E-state index >= 15 is 0 Å². The summed E-state index contributed by atoms with van der Waals surface area (Å²) in [6.07, 6.45) is 1.74. The molecule has 0 aliphatic heterocycles. The number of fused-ring (bicyclic) bond motifs is 1. The van der Waals surface area contributed by atoms with Crippen molar-refractivity contribution >= 4 is 28.0 Å². The first-order chi connectivity index (χ1) is 10.3. The topological polar surface area (TPSA) is 63.0 Å². The largest absolute Gasteiger partial charge is 0.384 e. The maximum absolute atomic E-state index is 5.56. The number of nitrogens with one attached hydrogen (secondary N) is 2. The van der Waals surface area contributed by atoms with Crippen molar-refractivity contribution in [3.05, 3.63) is 60.8 Å². The van der Waals surface area contributed by atoms with E-state index in [1.54, 1.807) is 12.3 Å². The Bertz CT molecular complexity index is 717. The molecule has 0 aliphatic carbocycles. The summed E-state index contributed by atoms with van der Waals surface area (Å²) in [5.74, 6) is 0.537. The van der Waals surface area contributed by atoms with Crippen LogP contribution in [0.4, 0.5) is 17.2 Å². The fraction of sp³-hybridized carbons (Fsp3) is 0.118. The van der Waals surface area contributed by atoms with Gasteiger partial charge in [0.1, 0.15) is 5.82 Å². The van der Waals surface area contributed by atoms with Crippen LogP contribution in [0.15, 0.2) is 60.8 Å². The summed E-state index contributed by atoms with van der Waals surface area (Å²) in [7, 11) is 0. The SMILES string of the molecule is Nc1ccc(NCCNc2cccc3ccccc23)cn1. The molecule has 0 saturated carbocycles. The van der Waals surface area contributed by atoms with Crippen molar-refractivity contribution in [2.24, 2.45) is 0 Å². The highest BCUT2D eigenvalue weighted by Crippen LogP contribution is 2.22. The molecule has 0 fully saturated rings. The molecule has 4 heteroatoms. The van der Waals surface area contributed by atoms with Crippen molar-refractivity contribution in [2.75, 3.05) is 29.5 Å². The molecule has 0 saturated heterocycles. The lowest BCUT2D eigenvalue weighted by atomic mass is 10.1. The van der Waals surface area contributed by atoms with E-state index in [1.807, 2.05) is 6.07 Å². The fourth-order valence-electron chi connectivity index (χ4n) is 2.29. The Balaban J connectivity index is 1.58. The monoisotopic (exact) mass is 278 g/mol. The molecule has 0 unspecified atom stereocenters. The third kappa shape index (κ3) is 3.23. The summed E-state index contributed by atoms with van der Waals surface area (Å²) in [5.41, 5.74) is 7.69. The van der Waals surface area contributed by atoms with Crippen LogP contribution < -0.4 is 16.4 Å². The smallest absolute Gasteiger partial charge is 0.123 e. The molecule has 4 N–H and O–H groups in total. The molecule has 3 aromatic rings. The second-order valence-corrected chi connectivity index (χ2v) is 4.85. The molecule has 2 aromatic carbocycles. The number of anilines is 3. The van der Waals surface area contributed by atoms with Gasteiger partial charge in [0.15, 0.2) is 0 Å². The van der Waals surface area contributed by atoms with E-state index in [2.05, 4.69) is 58.1 Å². The molecule has 1 aromatic heterocycles. The Hall–Kier alpha value is -2.75. The number of nitrogen functional groups attached to an aromatic ring is 1. The van der Waals surface area contributed by atoms with Gasteiger partial charge >= 0.3 is 0 Å². The third-order valence-electron chi connectivity index (χ3n) is 3.35. The van der Waals surface area contributed by atoms with Crippen LogP contribution in [0.5, 0.6) is 0 Å². The van der Waals surface area contributed by atoms with E-state index in [4.69, 9.17) is 5.73 Å². The second kappa shape index (κ2) is 6.13. The summed E-state index contributed by atoms with van der Waals surface area (Å²) in [4.78, 5) is 4.05. The number of pyridine rings is 1. The van der Waals surface area contributed by atoms with Crippen LogP contribution >= 0.6 is 0 Å². The summed E-state index contributed by atoms with van der Waals surface area (Å²) in [5, 5.41) is 9.26. The number of aromatic nitrogens is 1. The number of nitrogens with zero attached hydrogens (tertiary/aromatic N) is 1. The minimum atomic E-state index is 0.537. The molecule has 0 amide bonds. The van der Waals surface area contributed by atoms with Gasteiger partial charge in [0.25, 0.3) is 0 Å². The molecule has 21 heavy (non-hydrogen) atoms. The van der Waals surface area contributed by atoms with Gasteiger partial charge < -0.3 is 16.4 Å². The van der Waals surface area contributed by atoms with E-state index in [0.29, 0.717) is 5.82 Å². The van der Waals surface area contributed by atoms with Crippen LogP contribution in [-0.2, 0) is 0 Å². The Morgan fingerprint density at radius 2 is 1.67 bits per heavy atom. The number of rotatable bonds is 5. The molecule has 0 aliphatic rings. The van der Waals surface area contributed by atoms with Crippen LogP contribution in [0, 0.1) is 0 Å². The van der Waals surface area contributed by atoms with Gasteiger partial charge in [-0.15, -0.1) is 0 Å². The third-order valence-corrected chi connectivity index (χ3v) is 3.35. The zero-order valence-electron chi connectivity index (χ0n) is 11.7. The Labute approximate surface area is 124 Å². The van der Waals surface area contributed by atoms with Gasteiger partial charge in [0.05, 0.1) is 11.9 Å². The Morgan fingerprint density at radius 3 is 2.52 bits per heavy atom. The van der Waals surface area contributed by atoms with Crippen molar-refractivity contribution in [3.63, 3.8) is 0 Å². The predicted molar refractivity (Wildman–Crippen MR) is 89.6 cm³/mol. The van der Waals surface area contributed by atoms with Gasteiger partial charge in [0.2, 0.25) is 0 Å². The Kier molecular flexibility index (Phi) is 3.87. The molecular formula is C17H18N4. The van der Waals surface area contributed by atoms with Crippen LogP contribution in [0.25, 0.3) is 10.8 Å². The second-order valence-electron chi connectivity index (χ2n) is 4.85. The van der Waals surface area contributed by atoms with E-state index < -0.39 is 0 Å². The number of hydrogen-bond acceptors (Lipinski definition) is 4. The summed E-state index contributed by atoms with van der Waals surface area (Å²) < 4.78 is 0. The molecule has 0 spiro atoms. The quantitative estimate of drug-likeness (QED) is 0.626. The maximum Gasteiger partial charge on any atom is 0.123 e. The van der Waals surface area contributed by atoms with Crippen molar-refractivity contribution in [3.8, 4) is 0 Å². The average molecular weight is 278 g/mol. The lowest BCUT2D eigenvalue weighted by molar-refractivity contribution is 1.08. The fourth-order valence-corrected chi connectivity index (χ4v) is 2.29. The van der Waals surface area contributed by atoms with Gasteiger partial charge in [-0.05, 0) is 23.6 Å². The maximum atomic E-state index is 5.56. The van der Waals surface area contributed by atoms with Gasteiger partial charge in [0, 0.05) is 24.2 Å². The number of nitrogens with two attached hydrogens (primary N) is 1. The van der Waals surface area contributed by atoms with Crippen LogP contribution in [0.1, 0.15) is 0 Å². The normalized spacial score (nSPS) is 10.5. The molecular weight excluding hydrogens is 260 g/mol. The number of hydrogen-bond donors (Lipinski definition) is 3. The predicted octanol–water partition coefficient (Wildman–Crippen LogP) is 3.34. The molecule has 106 valence electrons. The molecule has 3 rings (SSSR count). The van der Waals surface area contributed by atoms with E-state index in [1.165, 1.54) is 10.8 Å². The molecule has 0 radical (unpaired) electrons. The lowest BCUT2D eigenvalue weighted by Crippen LogP contribution is -2.13. The zero-order valence-corrected chi connectivity index (χ0v) is 11.7. The lowest BCUT2D eigenvalue weighted by Gasteiger charge is -2.11. The molecule has 4 nitrogen and oxygen atoms in total. The van der Waals surface area contributed by atoms with Crippen LogP contribution in [-0.4, -0.2) is 18.1 Å². The van der Waals surface area contributed by atoms with Gasteiger partial charge in [-0.1, -0.05) is 36.4 Å². The highest BCUT2D eigenvalue weighted by atomic mass is 15.0. The average Bonchev–Trinajstić information content (AvgIpc) is 2.53. The minimum absolute atomic E-state index is 0.537. The highest BCUT2D eigenvalue weighted by Gasteiger charge is 1.99. The van der Waals surface area contributed by atoms with E-state index in [-0.39, 0.29) is 0 Å². The first kappa shape index (κ1) is 13.2. The minimum Gasteiger partial charge on any atom is -0.384 e. The summed E-state index contributed by atoms with van der Waals surface area (Å²) in [6, 6.07) is 18.4. The van der Waals surface area contributed by atoms with Crippen molar-refractivity contribution < 1.29 is 0 Å². The number of benzene rings is 2. The Morgan fingerprint density at radius 1 is 0.857 bits per heavy atom. The molecule has 0 bridgehead atoms. The van der Waals surface area contributed by atoms with E-state index in [0.717, 1.165) is 24.5 Å². The summed E-state index contributed by atoms with van der Waals surface area (Å²) in [6.45, 7) is 1.65. The molecule has 1 heterocycles. The first-order valence-electron chi connectivity index (χ1n) is 7.00. The first-order valence-corrected chi connectivity index (χ1v) is 7.00. The van der Waals surface area contributed by atoms with Gasteiger partial charge in [-0.2, -0.15) is 0 Å². The highest BCUT2D eigenvalue weighted by molar-refractivity contribution is 5.93. The standard InChI is InChI=1S/C17H18N4/c18-17-9-8-14(12-21-17)19-10-11-20-16-7-3-5-13-4-1-2-6-15(13)16/h1-9,12,19-20H,10-11H2,(H2,18,21). The van der Waals surface area contributed by atoms with Crippen LogP contribution in [0.3, 0.4) is 0 Å². The van der Waals surface area contributed by atoms with Crippen molar-refractivity contribution in [1.29, 1.82) is 0 Å². The zero-order chi connectivity index (χ0) is 14.5.